The Balaban J connectivity index is 2.18. The van der Waals surface area contributed by atoms with Gasteiger partial charge in [0.25, 0.3) is 0 Å². The first-order chi connectivity index (χ1) is 10.2. The van der Waals surface area contributed by atoms with Crippen molar-refractivity contribution in [3.8, 4) is 0 Å². The van der Waals surface area contributed by atoms with Crippen molar-refractivity contribution in [3.63, 3.8) is 0 Å². The topological polar surface area (TPSA) is 59.3 Å². The van der Waals surface area contributed by atoms with E-state index in [1.165, 1.54) is 0 Å². The summed E-state index contributed by atoms with van der Waals surface area (Å²) in [6.45, 7) is 0. The second-order valence-electron chi connectivity index (χ2n) is 4.42. The van der Waals surface area contributed by atoms with Crippen molar-refractivity contribution >= 4 is 29.0 Å². The summed E-state index contributed by atoms with van der Waals surface area (Å²) in [4.78, 5) is 17.1. The lowest BCUT2D eigenvalue weighted by Gasteiger charge is -2.06. The molecule has 0 amide bonds. The van der Waals surface area contributed by atoms with Gasteiger partial charge in [-0.05, 0) is 6.26 Å². The number of hydrogen-bond donors (Lipinski definition) is 1. The van der Waals surface area contributed by atoms with Crippen LogP contribution in [0.3, 0.4) is 0 Å². The van der Waals surface area contributed by atoms with Crippen molar-refractivity contribution < 1.29 is 4.79 Å². The lowest BCUT2D eigenvalue weighted by Crippen LogP contribution is -2.04. The van der Waals surface area contributed by atoms with Crippen molar-refractivity contribution in [2.75, 3.05) is 18.6 Å². The molecule has 1 aromatic carbocycles. The molecule has 0 radical (unpaired) electrons. The number of ketones is 1. The molecule has 5 nitrogen and oxygen atoms in total. The molecule has 2 heterocycles. The largest absolute Gasteiger partial charge is 0.373 e. The Morgan fingerprint density at radius 3 is 2.71 bits per heavy atom. The predicted molar refractivity (Wildman–Crippen MR) is 84.2 cm³/mol. The summed E-state index contributed by atoms with van der Waals surface area (Å²) in [6.07, 6.45) is 3.55. The highest BCUT2D eigenvalue weighted by Crippen LogP contribution is 2.23. The Kier molecular flexibility index (Phi) is 3.62. The van der Waals surface area contributed by atoms with Crippen LogP contribution in [-0.4, -0.2) is 33.7 Å². The van der Waals surface area contributed by atoms with Crippen molar-refractivity contribution in [1.29, 1.82) is 0 Å². The summed E-state index contributed by atoms with van der Waals surface area (Å²) in [5, 5.41) is 8.24. The third kappa shape index (κ3) is 2.38. The smallest absolute Gasteiger partial charge is 0.198 e. The van der Waals surface area contributed by atoms with Crippen LogP contribution in [0.4, 0.5) is 5.82 Å². The van der Waals surface area contributed by atoms with E-state index >= 15 is 0 Å². The highest BCUT2D eigenvalue weighted by molar-refractivity contribution is 7.98. The first-order valence-electron chi connectivity index (χ1n) is 6.45. The molecular formula is C15H14N4OS. The molecule has 0 unspecified atom stereocenters. The maximum Gasteiger partial charge on any atom is 0.198 e. The quantitative estimate of drug-likeness (QED) is 0.456. The Morgan fingerprint density at radius 1 is 1.29 bits per heavy atom. The van der Waals surface area contributed by atoms with Gasteiger partial charge in [-0.2, -0.15) is 5.10 Å². The number of thioether (sulfide) groups is 1. The fraction of sp³-hybridized carbons (Fsp3) is 0.133. The third-order valence-corrected chi connectivity index (χ3v) is 3.89. The summed E-state index contributed by atoms with van der Waals surface area (Å²) < 4.78 is 1.70. The van der Waals surface area contributed by atoms with Crippen LogP contribution in [0.15, 0.2) is 47.6 Å². The second kappa shape index (κ2) is 5.57. The monoisotopic (exact) mass is 298 g/mol. The standard InChI is InChI=1S/C15H14N4OS/c1-16-12-8-13(21-2)19-15(18-12)11(9-17-19)14(20)10-6-4-3-5-7-10/h3-9H,1-2H3,(H,16,18). The van der Waals surface area contributed by atoms with Gasteiger partial charge in [0, 0.05) is 18.7 Å². The van der Waals surface area contributed by atoms with E-state index in [1.54, 1.807) is 41.7 Å². The fourth-order valence-electron chi connectivity index (χ4n) is 2.11. The number of carbonyl (C=O) groups is 1. The van der Waals surface area contributed by atoms with E-state index in [2.05, 4.69) is 15.4 Å². The Bertz CT molecular complexity index is 798. The minimum absolute atomic E-state index is 0.0709. The van der Waals surface area contributed by atoms with Crippen molar-refractivity contribution in [2.24, 2.45) is 0 Å². The van der Waals surface area contributed by atoms with Crippen LogP contribution in [0, 0.1) is 0 Å². The van der Waals surface area contributed by atoms with Crippen molar-refractivity contribution in [1.82, 2.24) is 14.6 Å². The molecule has 1 N–H and O–H groups in total. The SMILES string of the molecule is CNc1cc(SC)n2ncc(C(=O)c3ccccc3)c2n1. The van der Waals surface area contributed by atoms with E-state index < -0.39 is 0 Å². The molecule has 3 aromatic rings. The maximum atomic E-state index is 12.6. The van der Waals surface area contributed by atoms with Crippen LogP contribution in [0.1, 0.15) is 15.9 Å². The number of benzene rings is 1. The van der Waals surface area contributed by atoms with E-state index in [-0.39, 0.29) is 5.78 Å². The van der Waals surface area contributed by atoms with Gasteiger partial charge in [0.2, 0.25) is 0 Å². The average Bonchev–Trinajstić information content (AvgIpc) is 2.97. The van der Waals surface area contributed by atoms with Gasteiger partial charge < -0.3 is 5.32 Å². The highest BCUT2D eigenvalue weighted by atomic mass is 32.2. The van der Waals surface area contributed by atoms with Crippen LogP contribution >= 0.6 is 11.8 Å². The number of nitrogens with one attached hydrogen (secondary N) is 1. The molecule has 0 saturated carbocycles. The molecule has 0 aliphatic heterocycles. The minimum atomic E-state index is -0.0709. The Labute approximate surface area is 126 Å². The summed E-state index contributed by atoms with van der Waals surface area (Å²) in [6, 6.07) is 11.1. The van der Waals surface area contributed by atoms with Gasteiger partial charge in [-0.1, -0.05) is 30.3 Å². The van der Waals surface area contributed by atoms with Crippen LogP contribution in [0.25, 0.3) is 5.65 Å². The zero-order valence-electron chi connectivity index (χ0n) is 11.7. The molecule has 0 saturated heterocycles. The van der Waals surface area contributed by atoms with E-state index in [9.17, 15) is 4.79 Å². The number of nitrogens with zero attached hydrogens (tertiary/aromatic N) is 3. The first kappa shape index (κ1) is 13.6. The average molecular weight is 298 g/mol. The molecular weight excluding hydrogens is 284 g/mol. The minimum Gasteiger partial charge on any atom is -0.373 e. The van der Waals surface area contributed by atoms with Gasteiger partial charge in [0.05, 0.1) is 11.8 Å². The van der Waals surface area contributed by atoms with Crippen LogP contribution in [-0.2, 0) is 0 Å². The van der Waals surface area contributed by atoms with Crippen molar-refractivity contribution in [3.05, 3.63) is 53.7 Å². The van der Waals surface area contributed by atoms with Gasteiger partial charge in [-0.15, -0.1) is 11.8 Å². The maximum absolute atomic E-state index is 12.6. The molecule has 0 bridgehead atoms. The number of carbonyl (C=O) groups excluding carboxylic acids is 1. The number of fused-ring (bicyclic) bond motifs is 1. The molecule has 0 spiro atoms. The molecule has 0 aliphatic rings. The van der Waals surface area contributed by atoms with Gasteiger partial charge >= 0.3 is 0 Å². The van der Waals surface area contributed by atoms with Crippen molar-refractivity contribution in [2.45, 2.75) is 5.03 Å². The lowest BCUT2D eigenvalue weighted by molar-refractivity contribution is 0.104. The normalized spacial score (nSPS) is 10.8. The first-order valence-corrected chi connectivity index (χ1v) is 7.67. The molecule has 6 heteroatoms. The van der Waals surface area contributed by atoms with Crippen LogP contribution in [0.2, 0.25) is 0 Å². The molecule has 2 aromatic heterocycles. The molecule has 21 heavy (non-hydrogen) atoms. The number of hydrogen-bond acceptors (Lipinski definition) is 5. The Hall–Kier alpha value is -2.34. The third-order valence-electron chi connectivity index (χ3n) is 3.19. The van der Waals surface area contributed by atoms with Crippen LogP contribution in [0.5, 0.6) is 0 Å². The summed E-state index contributed by atoms with van der Waals surface area (Å²) >= 11 is 1.56. The number of rotatable bonds is 4. The van der Waals surface area contributed by atoms with E-state index in [4.69, 9.17) is 0 Å². The molecule has 0 fully saturated rings. The van der Waals surface area contributed by atoms with E-state index in [0.29, 0.717) is 16.8 Å². The fourth-order valence-corrected chi connectivity index (χ4v) is 2.65. The summed E-state index contributed by atoms with van der Waals surface area (Å²) in [5.41, 5.74) is 1.71. The number of aromatic nitrogens is 3. The molecule has 106 valence electrons. The molecule has 3 rings (SSSR count). The predicted octanol–water partition coefficient (Wildman–Crippen LogP) is 2.72. The summed E-state index contributed by atoms with van der Waals surface area (Å²) in [7, 11) is 1.80. The van der Waals surface area contributed by atoms with Gasteiger partial charge in [-0.25, -0.2) is 9.50 Å². The molecule has 0 atom stereocenters. The lowest BCUT2D eigenvalue weighted by atomic mass is 10.1. The Morgan fingerprint density at radius 2 is 2.05 bits per heavy atom. The zero-order valence-corrected chi connectivity index (χ0v) is 12.5. The van der Waals surface area contributed by atoms with Gasteiger partial charge in [0.1, 0.15) is 10.8 Å². The van der Waals surface area contributed by atoms with Gasteiger partial charge in [-0.3, -0.25) is 4.79 Å². The van der Waals surface area contributed by atoms with E-state index in [0.717, 1.165) is 10.8 Å². The second-order valence-corrected chi connectivity index (χ2v) is 5.25. The van der Waals surface area contributed by atoms with Gasteiger partial charge in [0.15, 0.2) is 11.4 Å². The van der Waals surface area contributed by atoms with E-state index in [1.807, 2.05) is 30.5 Å². The summed E-state index contributed by atoms with van der Waals surface area (Å²) in [5.74, 6) is 0.646. The zero-order chi connectivity index (χ0) is 14.8. The van der Waals surface area contributed by atoms with Crippen LogP contribution < -0.4 is 5.32 Å². The highest BCUT2D eigenvalue weighted by Gasteiger charge is 2.18. The number of anilines is 1. The molecule has 0 aliphatic carbocycles.